The quantitative estimate of drug-likeness (QED) is 0.722. The van der Waals surface area contributed by atoms with Crippen LogP contribution in [0.15, 0.2) is 34.6 Å². The zero-order chi connectivity index (χ0) is 14.8. The molecule has 3 rings (SSSR count). The molecule has 0 spiro atoms. The van der Waals surface area contributed by atoms with E-state index in [-0.39, 0.29) is 5.03 Å². The largest absolute Gasteiger partial charge is 0.497 e. The number of nitrogens with one attached hydrogen (secondary N) is 2. The summed E-state index contributed by atoms with van der Waals surface area (Å²) in [6, 6.07) is 5.49. The van der Waals surface area contributed by atoms with Crippen LogP contribution in [0.2, 0.25) is 0 Å². The van der Waals surface area contributed by atoms with Gasteiger partial charge in [0, 0.05) is 13.1 Å². The molecule has 108 valence electrons. The summed E-state index contributed by atoms with van der Waals surface area (Å²) in [5.41, 5.74) is 1.60. The first kappa shape index (κ1) is 13.6. The molecule has 0 amide bonds. The lowest BCUT2D eigenvalue weighted by atomic mass is 10.3. The Labute approximate surface area is 124 Å². The van der Waals surface area contributed by atoms with E-state index in [1.54, 1.807) is 14.2 Å². The third kappa shape index (κ3) is 2.75. The van der Waals surface area contributed by atoms with Crippen LogP contribution in [0, 0.1) is 5.82 Å². The van der Waals surface area contributed by atoms with Crippen LogP contribution in [-0.2, 0) is 0 Å². The van der Waals surface area contributed by atoms with Crippen molar-refractivity contribution in [2.75, 3.05) is 19.5 Å². The van der Waals surface area contributed by atoms with Crippen LogP contribution in [0.4, 0.5) is 10.3 Å². The van der Waals surface area contributed by atoms with E-state index in [0.29, 0.717) is 11.1 Å². The van der Waals surface area contributed by atoms with Gasteiger partial charge in [0.25, 0.3) is 0 Å². The third-order valence-electron chi connectivity index (χ3n) is 2.80. The Morgan fingerprint density at radius 1 is 1.33 bits per heavy atom. The van der Waals surface area contributed by atoms with Gasteiger partial charge in [0.05, 0.1) is 24.3 Å². The first-order chi connectivity index (χ1) is 10.2. The van der Waals surface area contributed by atoms with Gasteiger partial charge in [-0.3, -0.25) is 0 Å². The summed E-state index contributed by atoms with van der Waals surface area (Å²) in [6.45, 7) is 0. The molecule has 0 radical (unpaired) electrons. The minimum atomic E-state index is -0.489. The summed E-state index contributed by atoms with van der Waals surface area (Å²) in [5.74, 6) is 0.599. The lowest BCUT2D eigenvalue weighted by Gasteiger charge is -2.02. The van der Waals surface area contributed by atoms with Crippen molar-refractivity contribution in [1.82, 2.24) is 19.9 Å². The molecule has 0 unspecified atom stereocenters. The molecule has 2 aromatic heterocycles. The van der Waals surface area contributed by atoms with Crippen LogP contribution < -0.4 is 10.1 Å². The van der Waals surface area contributed by atoms with E-state index < -0.39 is 5.82 Å². The maximum atomic E-state index is 13.7. The van der Waals surface area contributed by atoms with Gasteiger partial charge in [0.15, 0.2) is 11.0 Å². The summed E-state index contributed by atoms with van der Waals surface area (Å²) in [6.07, 6.45) is 1.13. The number of methoxy groups -OCH3 is 1. The molecule has 1 aromatic carbocycles. The highest BCUT2D eigenvalue weighted by Gasteiger charge is 2.12. The molecule has 21 heavy (non-hydrogen) atoms. The SMILES string of the molecule is CNc1ncc(F)c(Sc2nc3ccc(OC)cc3[nH]2)n1. The number of rotatable bonds is 4. The molecule has 2 N–H and O–H groups in total. The molecule has 2 heterocycles. The number of benzene rings is 1. The number of ether oxygens (including phenoxy) is 1. The van der Waals surface area contributed by atoms with Crippen molar-refractivity contribution in [2.24, 2.45) is 0 Å². The highest BCUT2D eigenvalue weighted by molar-refractivity contribution is 7.99. The van der Waals surface area contributed by atoms with Crippen LogP contribution in [-0.4, -0.2) is 34.1 Å². The molecule has 8 heteroatoms. The molecule has 0 aliphatic rings. The molecular formula is C13H12FN5OS. The average Bonchev–Trinajstić information content (AvgIpc) is 2.90. The van der Waals surface area contributed by atoms with Gasteiger partial charge in [-0.05, 0) is 23.9 Å². The highest BCUT2D eigenvalue weighted by Crippen LogP contribution is 2.29. The van der Waals surface area contributed by atoms with E-state index in [1.807, 2.05) is 18.2 Å². The number of aromatic nitrogens is 4. The molecular weight excluding hydrogens is 293 g/mol. The van der Waals surface area contributed by atoms with Crippen LogP contribution in [0.5, 0.6) is 5.75 Å². The fraction of sp³-hybridized carbons (Fsp3) is 0.154. The van der Waals surface area contributed by atoms with E-state index in [1.165, 1.54) is 0 Å². The van der Waals surface area contributed by atoms with Crippen molar-refractivity contribution in [3.8, 4) is 5.75 Å². The standard InChI is InChI=1S/C13H12FN5OS/c1-15-12-16-6-8(14)11(19-12)21-13-17-9-4-3-7(20-2)5-10(9)18-13/h3-6H,1-2H3,(H,17,18)(H,15,16,19). The summed E-state index contributed by atoms with van der Waals surface area (Å²) in [7, 11) is 3.28. The Hall–Kier alpha value is -2.35. The zero-order valence-electron chi connectivity index (χ0n) is 11.3. The van der Waals surface area contributed by atoms with Crippen LogP contribution in [0.3, 0.4) is 0 Å². The number of halogens is 1. The minimum Gasteiger partial charge on any atom is -0.497 e. The number of nitrogens with zero attached hydrogens (tertiary/aromatic N) is 3. The average molecular weight is 305 g/mol. The topological polar surface area (TPSA) is 75.7 Å². The fourth-order valence-corrected chi connectivity index (χ4v) is 2.55. The second-order valence-electron chi connectivity index (χ2n) is 4.12. The maximum absolute atomic E-state index is 13.7. The molecule has 0 atom stereocenters. The number of fused-ring (bicyclic) bond motifs is 1. The number of anilines is 1. The second kappa shape index (κ2) is 5.57. The normalized spacial score (nSPS) is 10.8. The smallest absolute Gasteiger partial charge is 0.223 e. The van der Waals surface area contributed by atoms with E-state index >= 15 is 0 Å². The minimum absolute atomic E-state index is 0.209. The maximum Gasteiger partial charge on any atom is 0.223 e. The van der Waals surface area contributed by atoms with Crippen molar-refractivity contribution in [2.45, 2.75) is 10.2 Å². The van der Waals surface area contributed by atoms with E-state index in [0.717, 1.165) is 34.7 Å². The lowest BCUT2D eigenvalue weighted by Crippen LogP contribution is -1.99. The predicted octanol–water partition coefficient (Wildman–Crippen LogP) is 2.69. The monoisotopic (exact) mass is 305 g/mol. The van der Waals surface area contributed by atoms with Gasteiger partial charge in [-0.1, -0.05) is 0 Å². The Bertz CT molecular complexity index is 791. The molecule has 0 saturated carbocycles. The third-order valence-corrected chi connectivity index (χ3v) is 3.66. The number of hydrogen-bond acceptors (Lipinski definition) is 6. The lowest BCUT2D eigenvalue weighted by molar-refractivity contribution is 0.415. The van der Waals surface area contributed by atoms with Crippen molar-refractivity contribution in [1.29, 1.82) is 0 Å². The highest BCUT2D eigenvalue weighted by atomic mass is 32.2. The summed E-state index contributed by atoms with van der Waals surface area (Å²) in [5, 5.41) is 3.53. The van der Waals surface area contributed by atoms with Gasteiger partial charge < -0.3 is 15.0 Å². The van der Waals surface area contributed by atoms with Crippen molar-refractivity contribution in [3.63, 3.8) is 0 Å². The fourth-order valence-electron chi connectivity index (χ4n) is 1.78. The van der Waals surface area contributed by atoms with E-state index in [2.05, 4.69) is 25.3 Å². The van der Waals surface area contributed by atoms with Crippen molar-refractivity contribution in [3.05, 3.63) is 30.2 Å². The van der Waals surface area contributed by atoms with Gasteiger partial charge in [0.1, 0.15) is 10.8 Å². The van der Waals surface area contributed by atoms with Crippen molar-refractivity contribution >= 4 is 28.7 Å². The molecule has 0 bridgehead atoms. The first-order valence-corrected chi connectivity index (χ1v) is 6.93. The second-order valence-corrected chi connectivity index (χ2v) is 5.10. The number of aromatic amines is 1. The Morgan fingerprint density at radius 2 is 2.19 bits per heavy atom. The molecule has 0 fully saturated rings. The van der Waals surface area contributed by atoms with Crippen molar-refractivity contribution < 1.29 is 9.13 Å². The van der Waals surface area contributed by atoms with E-state index in [9.17, 15) is 4.39 Å². The van der Waals surface area contributed by atoms with Gasteiger partial charge in [-0.25, -0.2) is 19.3 Å². The molecule has 0 aliphatic heterocycles. The Balaban J connectivity index is 1.94. The molecule has 3 aromatic rings. The zero-order valence-corrected chi connectivity index (χ0v) is 12.2. The van der Waals surface area contributed by atoms with Gasteiger partial charge in [-0.2, -0.15) is 0 Å². The van der Waals surface area contributed by atoms with Gasteiger partial charge in [0.2, 0.25) is 5.95 Å². The summed E-state index contributed by atoms with van der Waals surface area (Å²) in [4.78, 5) is 15.4. The van der Waals surface area contributed by atoms with Gasteiger partial charge >= 0.3 is 0 Å². The van der Waals surface area contributed by atoms with Gasteiger partial charge in [-0.15, -0.1) is 0 Å². The molecule has 0 saturated heterocycles. The van der Waals surface area contributed by atoms with E-state index in [4.69, 9.17) is 4.74 Å². The molecule has 0 aliphatic carbocycles. The Kier molecular flexibility index (Phi) is 3.61. The van der Waals surface area contributed by atoms with Crippen LogP contribution >= 0.6 is 11.8 Å². The summed E-state index contributed by atoms with van der Waals surface area (Å²) < 4.78 is 18.9. The Morgan fingerprint density at radius 3 is 2.95 bits per heavy atom. The summed E-state index contributed by atoms with van der Waals surface area (Å²) >= 11 is 1.11. The first-order valence-electron chi connectivity index (χ1n) is 6.11. The molecule has 6 nitrogen and oxygen atoms in total. The number of H-pyrrole nitrogens is 1. The number of imidazole rings is 1. The predicted molar refractivity (Wildman–Crippen MR) is 78.3 cm³/mol. The number of hydrogen-bond donors (Lipinski definition) is 2. The van der Waals surface area contributed by atoms with Crippen LogP contribution in [0.1, 0.15) is 0 Å². The van der Waals surface area contributed by atoms with Crippen LogP contribution in [0.25, 0.3) is 11.0 Å².